The lowest BCUT2D eigenvalue weighted by Gasteiger charge is -2.37. The monoisotopic (exact) mass is 227 g/mol. The first-order chi connectivity index (χ1) is 7.54. The van der Waals surface area contributed by atoms with Crippen molar-refractivity contribution in [1.29, 1.82) is 0 Å². The van der Waals surface area contributed by atoms with Gasteiger partial charge in [0, 0.05) is 18.7 Å². The van der Waals surface area contributed by atoms with Gasteiger partial charge in [-0.15, -0.1) is 0 Å². The van der Waals surface area contributed by atoms with Gasteiger partial charge in [-0.1, -0.05) is 6.92 Å². The van der Waals surface area contributed by atoms with Crippen LogP contribution in [0.1, 0.15) is 20.3 Å². The number of ether oxygens (including phenoxy) is 1. The van der Waals surface area contributed by atoms with E-state index in [1.165, 1.54) is 0 Å². The highest BCUT2D eigenvalue weighted by Gasteiger charge is 2.27. The third-order valence-corrected chi connectivity index (χ3v) is 2.59. The third kappa shape index (κ3) is 3.34. The summed E-state index contributed by atoms with van der Waals surface area (Å²) in [6.07, 6.45) is 2.78. The Hall–Kier alpha value is -1.36. The molecule has 1 aliphatic heterocycles. The number of hydrogen-bond acceptors (Lipinski definition) is 3. The Morgan fingerprint density at radius 3 is 2.75 bits per heavy atom. The Balaban J connectivity index is 2.66. The van der Waals surface area contributed by atoms with E-state index in [-0.39, 0.29) is 18.1 Å². The van der Waals surface area contributed by atoms with Crippen LogP contribution in [0.2, 0.25) is 0 Å². The van der Waals surface area contributed by atoms with Crippen LogP contribution in [0.15, 0.2) is 12.2 Å². The van der Waals surface area contributed by atoms with E-state index in [0.717, 1.165) is 18.6 Å². The van der Waals surface area contributed by atoms with Gasteiger partial charge >= 0.3 is 5.97 Å². The highest BCUT2D eigenvalue weighted by molar-refractivity contribution is 5.94. The molecule has 1 N–H and O–H groups in total. The van der Waals surface area contributed by atoms with Crippen molar-refractivity contribution in [3.63, 3.8) is 0 Å². The van der Waals surface area contributed by atoms with Gasteiger partial charge in [0.15, 0.2) is 0 Å². The van der Waals surface area contributed by atoms with E-state index in [9.17, 15) is 9.59 Å². The van der Waals surface area contributed by atoms with Gasteiger partial charge in [-0.05, 0) is 13.3 Å². The normalized spacial score (nSPS) is 26.0. The van der Waals surface area contributed by atoms with Crippen LogP contribution in [0.5, 0.6) is 0 Å². The molecule has 1 heterocycles. The molecule has 5 heteroatoms. The average Bonchev–Trinajstić information content (AvgIpc) is 2.25. The maximum atomic E-state index is 11.7. The first-order valence-corrected chi connectivity index (χ1v) is 5.37. The van der Waals surface area contributed by atoms with Gasteiger partial charge in [-0.2, -0.15) is 0 Å². The summed E-state index contributed by atoms with van der Waals surface area (Å²) >= 11 is 0. The molecule has 2 atom stereocenters. The van der Waals surface area contributed by atoms with Gasteiger partial charge in [-0.3, -0.25) is 4.79 Å². The summed E-state index contributed by atoms with van der Waals surface area (Å²) in [5.74, 6) is -1.37. The summed E-state index contributed by atoms with van der Waals surface area (Å²) in [7, 11) is 0. The summed E-state index contributed by atoms with van der Waals surface area (Å²) in [6.45, 7) is 4.91. The van der Waals surface area contributed by atoms with E-state index >= 15 is 0 Å². The smallest absolute Gasteiger partial charge is 0.328 e. The molecular formula is C11H17NO4. The molecule has 0 aromatic carbocycles. The first-order valence-electron chi connectivity index (χ1n) is 5.37. The maximum Gasteiger partial charge on any atom is 0.328 e. The molecule has 0 aromatic rings. The lowest BCUT2D eigenvalue weighted by Crippen LogP contribution is -2.50. The van der Waals surface area contributed by atoms with E-state index in [1.54, 1.807) is 4.90 Å². The van der Waals surface area contributed by atoms with E-state index in [4.69, 9.17) is 9.84 Å². The number of rotatable bonds is 3. The molecule has 0 radical (unpaired) electrons. The van der Waals surface area contributed by atoms with Crippen LogP contribution >= 0.6 is 0 Å². The molecule has 1 saturated heterocycles. The van der Waals surface area contributed by atoms with Crippen molar-refractivity contribution < 1.29 is 19.4 Å². The number of carbonyl (C=O) groups is 2. The number of aliphatic carboxylic acids is 1. The van der Waals surface area contributed by atoms with Gasteiger partial charge in [-0.25, -0.2) is 4.79 Å². The van der Waals surface area contributed by atoms with Crippen molar-refractivity contribution in [3.8, 4) is 0 Å². The highest BCUT2D eigenvalue weighted by atomic mass is 16.5. The fourth-order valence-electron chi connectivity index (χ4n) is 1.69. The molecule has 5 nitrogen and oxygen atoms in total. The Kier molecular flexibility index (Phi) is 4.49. The fraction of sp³-hybridized carbons (Fsp3) is 0.636. The lowest BCUT2D eigenvalue weighted by atomic mass is 10.1. The van der Waals surface area contributed by atoms with E-state index in [1.807, 2.05) is 13.8 Å². The van der Waals surface area contributed by atoms with Crippen molar-refractivity contribution in [1.82, 2.24) is 4.90 Å². The summed E-state index contributed by atoms with van der Waals surface area (Å²) in [5, 5.41) is 8.45. The number of carboxylic acids is 1. The number of hydrogen-bond donors (Lipinski definition) is 1. The van der Waals surface area contributed by atoms with E-state index in [2.05, 4.69) is 0 Å². The SMILES string of the molecule is CCC1COC(C)CN1C(=O)/C=C/C(=O)O. The summed E-state index contributed by atoms with van der Waals surface area (Å²) in [4.78, 5) is 23.7. The Labute approximate surface area is 94.7 Å². The Bertz CT molecular complexity index is 300. The number of amides is 1. The molecule has 0 spiro atoms. The molecule has 2 unspecified atom stereocenters. The minimum absolute atomic E-state index is 0.00461. The molecule has 0 aliphatic carbocycles. The molecule has 0 bridgehead atoms. The van der Waals surface area contributed by atoms with Gasteiger partial charge in [0.1, 0.15) is 0 Å². The van der Waals surface area contributed by atoms with Crippen LogP contribution in [0.4, 0.5) is 0 Å². The average molecular weight is 227 g/mol. The van der Waals surface area contributed by atoms with Gasteiger partial charge < -0.3 is 14.7 Å². The summed E-state index contributed by atoms with van der Waals surface area (Å²) in [6, 6.07) is 0.0437. The van der Waals surface area contributed by atoms with Crippen molar-refractivity contribution in [2.75, 3.05) is 13.2 Å². The van der Waals surface area contributed by atoms with Gasteiger partial charge in [0.25, 0.3) is 0 Å². The summed E-state index contributed by atoms with van der Waals surface area (Å²) in [5.41, 5.74) is 0. The zero-order valence-electron chi connectivity index (χ0n) is 9.55. The third-order valence-electron chi connectivity index (χ3n) is 2.59. The van der Waals surface area contributed by atoms with Crippen LogP contribution in [-0.2, 0) is 14.3 Å². The van der Waals surface area contributed by atoms with Crippen LogP contribution in [0.25, 0.3) is 0 Å². The Morgan fingerprint density at radius 1 is 1.50 bits per heavy atom. The lowest BCUT2D eigenvalue weighted by molar-refractivity contribution is -0.139. The molecule has 16 heavy (non-hydrogen) atoms. The second-order valence-electron chi connectivity index (χ2n) is 3.87. The molecular weight excluding hydrogens is 210 g/mol. The van der Waals surface area contributed by atoms with Gasteiger partial charge in [0.2, 0.25) is 5.91 Å². The standard InChI is InChI=1S/C11H17NO4/c1-3-9-7-16-8(2)6-12(9)10(13)4-5-11(14)15/h4-5,8-9H,3,6-7H2,1-2H3,(H,14,15)/b5-4+. The van der Waals surface area contributed by atoms with Gasteiger partial charge in [0.05, 0.1) is 18.8 Å². The van der Waals surface area contributed by atoms with Crippen molar-refractivity contribution in [3.05, 3.63) is 12.2 Å². The minimum Gasteiger partial charge on any atom is -0.478 e. The van der Waals surface area contributed by atoms with Crippen molar-refractivity contribution in [2.24, 2.45) is 0 Å². The van der Waals surface area contributed by atoms with Crippen LogP contribution in [-0.4, -0.2) is 47.2 Å². The number of nitrogens with zero attached hydrogens (tertiary/aromatic N) is 1. The number of carboxylic acid groups (broad SMARTS) is 1. The quantitative estimate of drug-likeness (QED) is 0.719. The molecule has 1 fully saturated rings. The van der Waals surface area contributed by atoms with Crippen LogP contribution < -0.4 is 0 Å². The number of carbonyl (C=O) groups excluding carboxylic acids is 1. The van der Waals surface area contributed by atoms with Crippen molar-refractivity contribution in [2.45, 2.75) is 32.4 Å². The molecule has 1 rings (SSSR count). The molecule has 1 amide bonds. The van der Waals surface area contributed by atoms with Crippen molar-refractivity contribution >= 4 is 11.9 Å². The molecule has 0 saturated carbocycles. The second-order valence-corrected chi connectivity index (χ2v) is 3.87. The summed E-state index contributed by atoms with van der Waals surface area (Å²) < 4.78 is 5.45. The predicted molar refractivity (Wildman–Crippen MR) is 58.0 cm³/mol. The molecule has 1 aliphatic rings. The van der Waals surface area contributed by atoms with E-state index < -0.39 is 5.97 Å². The molecule has 0 aromatic heterocycles. The largest absolute Gasteiger partial charge is 0.478 e. The zero-order valence-corrected chi connectivity index (χ0v) is 9.55. The van der Waals surface area contributed by atoms with Crippen LogP contribution in [0.3, 0.4) is 0 Å². The van der Waals surface area contributed by atoms with E-state index in [0.29, 0.717) is 13.2 Å². The fourth-order valence-corrected chi connectivity index (χ4v) is 1.69. The highest BCUT2D eigenvalue weighted by Crippen LogP contribution is 2.14. The Morgan fingerprint density at radius 2 is 2.19 bits per heavy atom. The maximum absolute atomic E-state index is 11.7. The molecule has 90 valence electrons. The van der Waals surface area contributed by atoms with Crippen LogP contribution in [0, 0.1) is 0 Å². The topological polar surface area (TPSA) is 66.8 Å². The zero-order chi connectivity index (χ0) is 12.1. The predicted octanol–water partition coefficient (Wildman–Crippen LogP) is 0.653. The second kappa shape index (κ2) is 5.65. The number of morpholine rings is 1. The first kappa shape index (κ1) is 12.7. The minimum atomic E-state index is -1.11.